The summed E-state index contributed by atoms with van der Waals surface area (Å²) in [5.74, 6) is 1.89. The highest BCUT2D eigenvalue weighted by molar-refractivity contribution is 6.34. The van der Waals surface area contributed by atoms with Gasteiger partial charge in [-0.15, -0.1) is 0 Å². The minimum absolute atomic E-state index is 0.618. The first-order valence-corrected chi connectivity index (χ1v) is 18.8. The highest BCUT2D eigenvalue weighted by Gasteiger charge is 2.19. The summed E-state index contributed by atoms with van der Waals surface area (Å²) in [6.07, 6.45) is 1.87. The lowest BCUT2D eigenvalue weighted by molar-refractivity contribution is 1.07. The summed E-state index contributed by atoms with van der Waals surface area (Å²) in [5.41, 5.74) is 8.94. The van der Waals surface area contributed by atoms with Crippen LogP contribution in [0.25, 0.3) is 111 Å². The second-order valence-electron chi connectivity index (χ2n) is 14.0. The van der Waals surface area contributed by atoms with Gasteiger partial charge in [0.2, 0.25) is 0 Å². The van der Waals surface area contributed by atoms with Gasteiger partial charge in [0.05, 0.1) is 16.7 Å². The number of nitrogens with zero attached hydrogens (tertiary/aromatic N) is 5. The van der Waals surface area contributed by atoms with Crippen molar-refractivity contribution >= 4 is 54.1 Å². The number of benzene rings is 8. The molecule has 56 heavy (non-hydrogen) atoms. The van der Waals surface area contributed by atoms with Crippen LogP contribution in [-0.4, -0.2) is 24.9 Å². The van der Waals surface area contributed by atoms with Gasteiger partial charge in [0.15, 0.2) is 17.5 Å². The van der Waals surface area contributed by atoms with Crippen LogP contribution in [0.2, 0.25) is 0 Å². The molecule has 0 atom stereocenters. The second-order valence-corrected chi connectivity index (χ2v) is 14.0. The summed E-state index contributed by atoms with van der Waals surface area (Å²) in [6, 6.07) is 63.3. The van der Waals surface area contributed by atoms with Crippen molar-refractivity contribution in [1.29, 1.82) is 0 Å². The molecule has 11 rings (SSSR count). The highest BCUT2D eigenvalue weighted by atomic mass is 15.0. The van der Waals surface area contributed by atoms with Crippen molar-refractivity contribution in [1.82, 2.24) is 24.9 Å². The zero-order chi connectivity index (χ0) is 37.0. The van der Waals surface area contributed by atoms with Crippen LogP contribution >= 0.6 is 0 Å². The summed E-state index contributed by atoms with van der Waals surface area (Å²) in [6.45, 7) is 0. The van der Waals surface area contributed by atoms with E-state index in [-0.39, 0.29) is 0 Å². The molecule has 3 heterocycles. The predicted molar refractivity (Wildman–Crippen MR) is 230 cm³/mol. The first kappa shape index (κ1) is 31.9. The van der Waals surface area contributed by atoms with Crippen LogP contribution in [0, 0.1) is 0 Å². The molecule has 0 bridgehead atoms. The van der Waals surface area contributed by atoms with Crippen molar-refractivity contribution in [2.45, 2.75) is 0 Å². The van der Waals surface area contributed by atoms with Crippen LogP contribution in [0.4, 0.5) is 0 Å². The molecule has 0 aliphatic heterocycles. The third-order valence-electron chi connectivity index (χ3n) is 10.7. The van der Waals surface area contributed by atoms with E-state index in [1.54, 1.807) is 0 Å². The predicted octanol–water partition coefficient (Wildman–Crippen LogP) is 12.8. The molecule has 11 aromatic rings. The molecule has 0 radical (unpaired) electrons. The Kier molecular flexibility index (Phi) is 7.42. The molecule has 3 aromatic heterocycles. The topological polar surface area (TPSA) is 64.5 Å². The molecular formula is C51H31N5. The van der Waals surface area contributed by atoms with Crippen LogP contribution in [-0.2, 0) is 0 Å². The van der Waals surface area contributed by atoms with Gasteiger partial charge >= 0.3 is 0 Å². The Labute approximate surface area is 322 Å². The fourth-order valence-corrected chi connectivity index (χ4v) is 8.10. The van der Waals surface area contributed by atoms with Gasteiger partial charge in [-0.1, -0.05) is 164 Å². The second kappa shape index (κ2) is 13.0. The van der Waals surface area contributed by atoms with Crippen LogP contribution in [0.3, 0.4) is 0 Å². The molecule has 5 nitrogen and oxygen atoms in total. The average Bonchev–Trinajstić information content (AvgIpc) is 3.28. The maximum atomic E-state index is 5.41. The Balaban J connectivity index is 1.13. The van der Waals surface area contributed by atoms with Gasteiger partial charge in [-0.25, -0.2) is 19.9 Å². The van der Waals surface area contributed by atoms with Gasteiger partial charge in [-0.2, -0.15) is 0 Å². The van der Waals surface area contributed by atoms with E-state index in [0.29, 0.717) is 17.5 Å². The Morgan fingerprint density at radius 3 is 1.59 bits per heavy atom. The monoisotopic (exact) mass is 713 g/mol. The maximum absolute atomic E-state index is 5.41. The van der Waals surface area contributed by atoms with E-state index in [2.05, 4.69) is 115 Å². The minimum atomic E-state index is 0.618. The number of pyridine rings is 2. The lowest BCUT2D eigenvalue weighted by atomic mass is 9.88. The summed E-state index contributed by atoms with van der Waals surface area (Å²) in [5, 5.41) is 9.34. The largest absolute Gasteiger partial charge is 0.256 e. The standard InChI is InChI=1S/C51H31N5/c1-3-13-34(14-4-1)49-54-50(35-15-5-2-6-16-35)56-51(55-49)36-26-24-33(25-27-36)48-46-41-29-28-37(38-22-11-17-32-18-12-30-52-47(32)38)31-43(41)39-19-7-8-20-40(39)45(46)42-21-9-10-23-44(42)53-48/h1-31H. The van der Waals surface area contributed by atoms with Gasteiger partial charge in [-0.3, -0.25) is 4.98 Å². The Hall–Kier alpha value is -7.63. The fourth-order valence-electron chi connectivity index (χ4n) is 8.10. The van der Waals surface area contributed by atoms with Gasteiger partial charge < -0.3 is 0 Å². The first-order chi connectivity index (χ1) is 27.8. The van der Waals surface area contributed by atoms with Crippen molar-refractivity contribution in [3.63, 3.8) is 0 Å². The van der Waals surface area contributed by atoms with Gasteiger partial charge in [0.1, 0.15) is 0 Å². The molecule has 0 N–H and O–H groups in total. The van der Waals surface area contributed by atoms with Crippen LogP contribution in [0.15, 0.2) is 188 Å². The Morgan fingerprint density at radius 2 is 0.875 bits per heavy atom. The normalized spacial score (nSPS) is 11.6. The van der Waals surface area contributed by atoms with E-state index in [1.807, 2.05) is 72.9 Å². The molecule has 0 fully saturated rings. The molecule has 0 unspecified atom stereocenters. The molecule has 8 aromatic carbocycles. The third kappa shape index (κ3) is 5.29. The van der Waals surface area contributed by atoms with E-state index >= 15 is 0 Å². The third-order valence-corrected chi connectivity index (χ3v) is 10.7. The van der Waals surface area contributed by atoms with E-state index < -0.39 is 0 Å². The summed E-state index contributed by atoms with van der Waals surface area (Å²) in [7, 11) is 0. The summed E-state index contributed by atoms with van der Waals surface area (Å²) in [4.78, 5) is 25.0. The number of rotatable bonds is 5. The number of hydrogen-bond donors (Lipinski definition) is 0. The van der Waals surface area contributed by atoms with Crippen LogP contribution < -0.4 is 0 Å². The smallest absolute Gasteiger partial charge is 0.164 e. The van der Waals surface area contributed by atoms with E-state index in [0.717, 1.165) is 71.7 Å². The van der Waals surface area contributed by atoms with E-state index in [9.17, 15) is 0 Å². The lowest BCUT2D eigenvalue weighted by Gasteiger charge is -2.17. The average molecular weight is 714 g/mol. The Bertz CT molecular complexity index is 3230. The quantitative estimate of drug-likeness (QED) is 0.166. The summed E-state index contributed by atoms with van der Waals surface area (Å²) < 4.78 is 0. The van der Waals surface area contributed by atoms with Gasteiger partial charge in [0, 0.05) is 55.6 Å². The van der Waals surface area contributed by atoms with Crippen molar-refractivity contribution in [3.8, 4) is 56.5 Å². The molecule has 260 valence electrons. The maximum Gasteiger partial charge on any atom is 0.164 e. The Morgan fingerprint density at radius 1 is 0.321 bits per heavy atom. The first-order valence-electron chi connectivity index (χ1n) is 18.8. The molecule has 0 saturated heterocycles. The zero-order valence-corrected chi connectivity index (χ0v) is 30.1. The highest BCUT2D eigenvalue weighted by Crippen LogP contribution is 2.44. The van der Waals surface area contributed by atoms with Crippen molar-refractivity contribution < 1.29 is 0 Å². The number of hydrogen-bond acceptors (Lipinski definition) is 5. The molecular weight excluding hydrogens is 683 g/mol. The molecule has 5 heteroatoms. The molecule has 0 spiro atoms. The number of aromatic nitrogens is 5. The van der Waals surface area contributed by atoms with E-state index in [1.165, 1.54) is 21.5 Å². The number of fused-ring (bicyclic) bond motifs is 9. The molecule has 0 amide bonds. The van der Waals surface area contributed by atoms with Crippen molar-refractivity contribution in [2.24, 2.45) is 0 Å². The number of para-hydroxylation sites is 2. The van der Waals surface area contributed by atoms with Gasteiger partial charge in [0.25, 0.3) is 0 Å². The molecule has 0 aliphatic carbocycles. The SMILES string of the molecule is c1ccc(-c2nc(-c3ccccc3)nc(-c3ccc(-c4nc5ccccc5c5c6ccccc6c6cc(-c7cccc8cccnc78)ccc6c45)cc3)n2)cc1. The van der Waals surface area contributed by atoms with E-state index in [4.69, 9.17) is 24.9 Å². The van der Waals surface area contributed by atoms with Crippen LogP contribution in [0.1, 0.15) is 0 Å². The fraction of sp³-hybridized carbons (Fsp3) is 0. The van der Waals surface area contributed by atoms with Crippen molar-refractivity contribution in [2.75, 3.05) is 0 Å². The molecule has 0 aliphatic rings. The zero-order valence-electron chi connectivity index (χ0n) is 30.1. The summed E-state index contributed by atoms with van der Waals surface area (Å²) >= 11 is 0. The molecule has 0 saturated carbocycles. The lowest BCUT2D eigenvalue weighted by Crippen LogP contribution is -2.00. The van der Waals surface area contributed by atoms with Crippen LogP contribution in [0.5, 0.6) is 0 Å². The minimum Gasteiger partial charge on any atom is -0.256 e. The van der Waals surface area contributed by atoms with Gasteiger partial charge in [-0.05, 0) is 45.3 Å². The van der Waals surface area contributed by atoms with Crippen molar-refractivity contribution in [3.05, 3.63) is 188 Å².